The van der Waals surface area contributed by atoms with E-state index >= 15 is 0 Å². The quantitative estimate of drug-likeness (QED) is 0.0994. The van der Waals surface area contributed by atoms with Crippen LogP contribution in [-0.4, -0.2) is 59.2 Å². The van der Waals surface area contributed by atoms with Crippen LogP contribution in [-0.2, 0) is 28.5 Å². The molecule has 8 aromatic rings. The zero-order chi connectivity index (χ0) is 42.8. The molecule has 15 nitrogen and oxygen atoms in total. The van der Waals surface area contributed by atoms with E-state index in [0.717, 1.165) is 11.4 Å². The smallest absolute Gasteiger partial charge is 0.221 e. The van der Waals surface area contributed by atoms with Gasteiger partial charge in [0.2, 0.25) is 11.8 Å². The van der Waals surface area contributed by atoms with E-state index in [4.69, 9.17) is 4.79 Å². The van der Waals surface area contributed by atoms with Gasteiger partial charge in [0.05, 0.1) is 21.9 Å². The highest BCUT2D eigenvalue weighted by molar-refractivity contribution is 6.19. The number of rotatable bonds is 10. The highest BCUT2D eigenvalue weighted by Crippen LogP contribution is 2.31. The van der Waals surface area contributed by atoms with Crippen LogP contribution in [0.5, 0.6) is 0 Å². The Morgan fingerprint density at radius 3 is 1.23 bits per heavy atom. The summed E-state index contributed by atoms with van der Waals surface area (Å²) in [5, 5.41) is 13.3. The monoisotopic (exact) mass is 800 g/mol. The molecule has 60 heavy (non-hydrogen) atoms. The molecule has 0 aliphatic carbocycles. The maximum absolute atomic E-state index is 13.1. The van der Waals surface area contributed by atoms with Gasteiger partial charge in [0.15, 0.2) is 11.6 Å². The van der Waals surface area contributed by atoms with Crippen LogP contribution in [0.2, 0.25) is 0 Å². The van der Waals surface area contributed by atoms with E-state index in [2.05, 4.69) is 41.2 Å². The molecule has 0 radical (unpaired) electrons. The first kappa shape index (κ1) is 41.3. The van der Waals surface area contributed by atoms with E-state index in [-0.39, 0.29) is 23.4 Å². The van der Waals surface area contributed by atoms with Gasteiger partial charge in [-0.25, -0.2) is 19.9 Å². The van der Waals surface area contributed by atoms with Crippen molar-refractivity contribution in [2.24, 2.45) is 14.1 Å². The molecule has 0 aliphatic rings. The molecule has 0 saturated heterocycles. The Labute approximate surface area is 344 Å². The molecule has 0 unspecified atom stereocenters. The number of carbonyl (C=O) groups excluding carboxylic acids is 5. The minimum Gasteiger partial charge on any atom is -0.339 e. The van der Waals surface area contributed by atoms with E-state index in [0.29, 0.717) is 67.3 Å². The first-order valence-corrected chi connectivity index (χ1v) is 18.4. The molecule has 0 aliphatic heterocycles. The summed E-state index contributed by atoms with van der Waals surface area (Å²) >= 11 is 0. The lowest BCUT2D eigenvalue weighted by molar-refractivity contribution is -0.115. The number of hydrogen-bond acceptors (Lipinski definition) is 11. The Morgan fingerprint density at radius 2 is 0.867 bits per heavy atom. The molecule has 4 N–H and O–H groups in total. The van der Waals surface area contributed by atoms with E-state index in [1.807, 2.05) is 90.7 Å². The number of ketones is 2. The molecule has 300 valence electrons. The highest BCUT2D eigenvalue weighted by atomic mass is 16.2. The van der Waals surface area contributed by atoms with E-state index in [1.165, 1.54) is 26.5 Å². The van der Waals surface area contributed by atoms with Crippen molar-refractivity contribution >= 4 is 86.6 Å². The number of benzene rings is 4. The molecule has 0 atom stereocenters. The van der Waals surface area contributed by atoms with Crippen molar-refractivity contribution in [1.29, 1.82) is 0 Å². The summed E-state index contributed by atoms with van der Waals surface area (Å²) in [6, 6.07) is 32.8. The molecular formula is C45H40N10O5. The maximum atomic E-state index is 13.1. The zero-order valence-corrected chi connectivity index (χ0v) is 33.1. The van der Waals surface area contributed by atoms with Crippen molar-refractivity contribution in [2.75, 3.05) is 21.3 Å². The Morgan fingerprint density at radius 1 is 0.500 bits per heavy atom. The molecule has 0 saturated carbocycles. The number of hydrogen-bond donors (Lipinski definition) is 4. The van der Waals surface area contributed by atoms with Gasteiger partial charge in [-0.3, -0.25) is 19.2 Å². The van der Waals surface area contributed by atoms with Crippen LogP contribution >= 0.6 is 0 Å². The van der Waals surface area contributed by atoms with Crippen LogP contribution in [0, 0.1) is 0 Å². The molecule has 0 spiro atoms. The number of nitrogens with one attached hydrogen (secondary N) is 4. The standard InChI is InChI=1S/2C22H19N5O2.CH2O/c2*1-14(28)25-16-9-6-10-17(11-16)26-21-19-18(12-27(2)22(19)24-13-23-21)20(29)15-7-4-3-5-8-15;1-2/h2*3-13H,1-2H3,(H,25,28)(H,23,24,26);1H2. The van der Waals surface area contributed by atoms with Crippen LogP contribution < -0.4 is 21.3 Å². The summed E-state index contributed by atoms with van der Waals surface area (Å²) in [5.41, 5.74) is 6.36. The lowest BCUT2D eigenvalue weighted by Gasteiger charge is -2.10. The van der Waals surface area contributed by atoms with Gasteiger partial charge in [0.25, 0.3) is 0 Å². The summed E-state index contributed by atoms with van der Waals surface area (Å²) in [4.78, 5) is 74.3. The van der Waals surface area contributed by atoms with Gasteiger partial charge in [0.1, 0.15) is 42.4 Å². The van der Waals surface area contributed by atoms with Crippen LogP contribution in [0.25, 0.3) is 22.1 Å². The van der Waals surface area contributed by atoms with Gasteiger partial charge in [-0.15, -0.1) is 0 Å². The molecule has 4 heterocycles. The first-order valence-electron chi connectivity index (χ1n) is 18.4. The molecule has 4 aromatic carbocycles. The van der Waals surface area contributed by atoms with E-state index in [1.54, 1.807) is 60.9 Å². The second kappa shape index (κ2) is 18.7. The molecular weight excluding hydrogens is 761 g/mol. The highest BCUT2D eigenvalue weighted by Gasteiger charge is 2.22. The van der Waals surface area contributed by atoms with Crippen molar-refractivity contribution < 1.29 is 24.0 Å². The van der Waals surface area contributed by atoms with Gasteiger partial charge in [-0.05, 0) is 36.4 Å². The number of aryl methyl sites for hydroxylation is 2. The van der Waals surface area contributed by atoms with Gasteiger partial charge < -0.3 is 35.2 Å². The lowest BCUT2D eigenvalue weighted by atomic mass is 10.0. The largest absolute Gasteiger partial charge is 0.339 e. The van der Waals surface area contributed by atoms with Crippen molar-refractivity contribution in [3.05, 3.63) is 156 Å². The van der Waals surface area contributed by atoms with Crippen LogP contribution in [0.3, 0.4) is 0 Å². The van der Waals surface area contributed by atoms with E-state index < -0.39 is 0 Å². The van der Waals surface area contributed by atoms with Gasteiger partial charge in [-0.1, -0.05) is 72.8 Å². The van der Waals surface area contributed by atoms with Crippen molar-refractivity contribution in [3.8, 4) is 0 Å². The predicted molar refractivity (Wildman–Crippen MR) is 232 cm³/mol. The number of fused-ring (bicyclic) bond motifs is 2. The molecule has 8 rings (SSSR count). The van der Waals surface area contributed by atoms with Crippen molar-refractivity contribution in [2.45, 2.75) is 13.8 Å². The van der Waals surface area contributed by atoms with Gasteiger partial charge in [-0.2, -0.15) is 0 Å². The Bertz CT molecular complexity index is 2640. The molecule has 2 amide bonds. The second-order valence-corrected chi connectivity index (χ2v) is 13.3. The molecule has 0 fully saturated rings. The number of carbonyl (C=O) groups is 5. The number of nitrogens with zero attached hydrogens (tertiary/aromatic N) is 6. The third-order valence-corrected chi connectivity index (χ3v) is 8.96. The summed E-state index contributed by atoms with van der Waals surface area (Å²) in [7, 11) is 3.69. The third-order valence-electron chi connectivity index (χ3n) is 8.96. The zero-order valence-electron chi connectivity index (χ0n) is 33.1. The fourth-order valence-corrected chi connectivity index (χ4v) is 6.48. The first-order chi connectivity index (χ1) is 29.0. The maximum Gasteiger partial charge on any atom is 0.221 e. The normalized spacial score (nSPS) is 10.4. The molecule has 4 aromatic heterocycles. The minimum atomic E-state index is -0.148. The summed E-state index contributed by atoms with van der Waals surface area (Å²) in [5.74, 6) is 0.558. The fraction of sp³-hybridized carbons (Fsp3) is 0.0889. The second-order valence-electron chi connectivity index (χ2n) is 13.3. The average Bonchev–Trinajstić information content (AvgIpc) is 3.78. The Kier molecular flexibility index (Phi) is 12.9. The fourth-order valence-electron chi connectivity index (χ4n) is 6.48. The number of amides is 2. The van der Waals surface area contributed by atoms with Crippen LogP contribution in [0.4, 0.5) is 34.4 Å². The SMILES string of the molecule is C=O.CC(=O)Nc1cccc(Nc2ncnc3c2c(C(=O)c2ccccc2)cn3C)c1.CC(=O)Nc1cccc(Nc2ncnc3c2c(C(=O)c2ccccc2)cn3C)c1. The topological polar surface area (TPSA) is 195 Å². The average molecular weight is 801 g/mol. The number of anilines is 6. The van der Waals surface area contributed by atoms with Crippen LogP contribution in [0.15, 0.2) is 134 Å². The lowest BCUT2D eigenvalue weighted by Crippen LogP contribution is -2.06. The Hall–Kier alpha value is -8.33. The number of aromatic nitrogens is 6. The van der Waals surface area contributed by atoms with Gasteiger partial charge in [0, 0.05) is 74.2 Å². The van der Waals surface area contributed by atoms with Crippen molar-refractivity contribution in [3.63, 3.8) is 0 Å². The minimum absolute atomic E-state index is 0.0963. The van der Waals surface area contributed by atoms with Gasteiger partial charge >= 0.3 is 0 Å². The Balaban J connectivity index is 0.000000193. The summed E-state index contributed by atoms with van der Waals surface area (Å²) in [6.07, 6.45) is 6.46. The molecule has 0 bridgehead atoms. The third kappa shape index (κ3) is 9.44. The summed E-state index contributed by atoms with van der Waals surface area (Å²) < 4.78 is 3.62. The van der Waals surface area contributed by atoms with Crippen molar-refractivity contribution in [1.82, 2.24) is 29.1 Å². The van der Waals surface area contributed by atoms with Crippen LogP contribution in [0.1, 0.15) is 45.7 Å². The van der Waals surface area contributed by atoms with E-state index in [9.17, 15) is 19.2 Å². The predicted octanol–water partition coefficient (Wildman–Crippen LogP) is 7.62. The summed E-state index contributed by atoms with van der Waals surface area (Å²) in [6.45, 7) is 4.92. The molecule has 15 heteroatoms.